The Labute approximate surface area is 72.1 Å². The van der Waals surface area contributed by atoms with E-state index >= 15 is 0 Å². The van der Waals surface area contributed by atoms with Gasteiger partial charge in [0.1, 0.15) is 0 Å². The van der Waals surface area contributed by atoms with E-state index < -0.39 is 0 Å². The first-order valence-electron chi connectivity index (χ1n) is 4.97. The Morgan fingerprint density at radius 1 is 1.09 bits per heavy atom. The van der Waals surface area contributed by atoms with Gasteiger partial charge < -0.3 is 4.74 Å². The molecule has 70 valence electrons. The molecule has 0 aromatic rings. The van der Waals surface area contributed by atoms with Crippen LogP contribution in [0.25, 0.3) is 0 Å². The Morgan fingerprint density at radius 2 is 1.64 bits per heavy atom. The SMILES string of the molecule is CC.CC.CC1CCCOC1. The zero-order valence-electron chi connectivity index (χ0n) is 8.81. The maximum absolute atomic E-state index is 5.18. The van der Waals surface area contributed by atoms with Gasteiger partial charge in [0.15, 0.2) is 0 Å². The molecule has 0 spiro atoms. The fourth-order valence-corrected chi connectivity index (χ4v) is 0.902. The van der Waals surface area contributed by atoms with Crippen molar-refractivity contribution < 1.29 is 4.74 Å². The molecular weight excluding hydrogens is 136 g/mol. The van der Waals surface area contributed by atoms with E-state index in [0.717, 1.165) is 19.1 Å². The van der Waals surface area contributed by atoms with E-state index in [9.17, 15) is 0 Å². The third-order valence-corrected chi connectivity index (χ3v) is 1.39. The minimum absolute atomic E-state index is 0.814. The highest BCUT2D eigenvalue weighted by Crippen LogP contribution is 2.10. The molecule has 0 radical (unpaired) electrons. The average molecular weight is 160 g/mol. The van der Waals surface area contributed by atoms with Gasteiger partial charge in [-0.2, -0.15) is 0 Å². The molecule has 1 aliphatic heterocycles. The molecule has 11 heavy (non-hydrogen) atoms. The number of ether oxygens (including phenoxy) is 1. The van der Waals surface area contributed by atoms with Crippen molar-refractivity contribution in [2.24, 2.45) is 5.92 Å². The smallest absolute Gasteiger partial charge is 0.0491 e. The first-order chi connectivity index (χ1) is 5.39. The van der Waals surface area contributed by atoms with Crippen LogP contribution in [0.5, 0.6) is 0 Å². The van der Waals surface area contributed by atoms with Gasteiger partial charge in [-0.15, -0.1) is 0 Å². The van der Waals surface area contributed by atoms with Crippen LogP contribution in [-0.2, 0) is 4.74 Å². The molecule has 1 heterocycles. The van der Waals surface area contributed by atoms with Crippen LogP contribution in [0.15, 0.2) is 0 Å². The molecule has 1 atom stereocenters. The standard InChI is InChI=1S/C6H12O.2C2H6/c1-6-3-2-4-7-5-6;2*1-2/h6H,2-5H2,1H3;2*1-2H3. The maximum atomic E-state index is 5.18. The van der Waals surface area contributed by atoms with Crippen LogP contribution in [0.4, 0.5) is 0 Å². The van der Waals surface area contributed by atoms with Crippen LogP contribution in [0.3, 0.4) is 0 Å². The van der Waals surface area contributed by atoms with E-state index in [1.165, 1.54) is 12.8 Å². The van der Waals surface area contributed by atoms with Crippen molar-refractivity contribution in [2.45, 2.75) is 47.5 Å². The van der Waals surface area contributed by atoms with Crippen molar-refractivity contribution in [3.63, 3.8) is 0 Å². The molecular formula is C10H24O. The Kier molecular flexibility index (Phi) is 15.5. The Bertz CT molecular complexity index is 46.8. The lowest BCUT2D eigenvalue weighted by Crippen LogP contribution is -2.13. The van der Waals surface area contributed by atoms with Crippen molar-refractivity contribution >= 4 is 0 Å². The fourth-order valence-electron chi connectivity index (χ4n) is 0.902. The normalized spacial score (nSPS) is 22.1. The topological polar surface area (TPSA) is 9.23 Å². The number of rotatable bonds is 0. The number of hydrogen-bond donors (Lipinski definition) is 0. The van der Waals surface area contributed by atoms with Gasteiger partial charge in [-0.05, 0) is 18.8 Å². The van der Waals surface area contributed by atoms with Crippen molar-refractivity contribution in [1.82, 2.24) is 0 Å². The van der Waals surface area contributed by atoms with E-state index in [0.29, 0.717) is 0 Å². The second-order valence-corrected chi connectivity index (χ2v) is 2.32. The summed E-state index contributed by atoms with van der Waals surface area (Å²) in [7, 11) is 0. The first-order valence-corrected chi connectivity index (χ1v) is 4.97. The second kappa shape index (κ2) is 12.6. The summed E-state index contributed by atoms with van der Waals surface area (Å²) >= 11 is 0. The van der Waals surface area contributed by atoms with Gasteiger partial charge in [-0.3, -0.25) is 0 Å². The predicted molar refractivity (Wildman–Crippen MR) is 51.9 cm³/mol. The molecule has 1 nitrogen and oxygen atoms in total. The lowest BCUT2D eigenvalue weighted by Gasteiger charge is -2.16. The minimum Gasteiger partial charge on any atom is -0.381 e. The highest BCUT2D eigenvalue weighted by atomic mass is 16.5. The van der Waals surface area contributed by atoms with Crippen molar-refractivity contribution in [3.8, 4) is 0 Å². The first kappa shape index (κ1) is 13.5. The molecule has 0 aromatic heterocycles. The Morgan fingerprint density at radius 3 is 1.82 bits per heavy atom. The summed E-state index contributed by atoms with van der Waals surface area (Å²) in [6.07, 6.45) is 2.63. The van der Waals surface area contributed by atoms with Gasteiger partial charge in [-0.1, -0.05) is 34.6 Å². The third-order valence-electron chi connectivity index (χ3n) is 1.39. The van der Waals surface area contributed by atoms with Crippen LogP contribution in [0, 0.1) is 5.92 Å². The Balaban J connectivity index is 0. The van der Waals surface area contributed by atoms with Crippen LogP contribution < -0.4 is 0 Å². The van der Waals surface area contributed by atoms with E-state index in [2.05, 4.69) is 6.92 Å². The summed E-state index contributed by atoms with van der Waals surface area (Å²) in [5.74, 6) is 0.814. The van der Waals surface area contributed by atoms with E-state index in [1.54, 1.807) is 0 Å². The summed E-state index contributed by atoms with van der Waals surface area (Å²) in [6.45, 7) is 12.2. The summed E-state index contributed by atoms with van der Waals surface area (Å²) in [6, 6.07) is 0. The molecule has 1 aliphatic rings. The van der Waals surface area contributed by atoms with Gasteiger partial charge in [0.05, 0.1) is 0 Å². The zero-order valence-corrected chi connectivity index (χ0v) is 8.81. The second-order valence-electron chi connectivity index (χ2n) is 2.32. The predicted octanol–water partition coefficient (Wildman–Crippen LogP) is 3.49. The third kappa shape index (κ3) is 9.96. The molecule has 0 amide bonds. The molecule has 1 unspecified atom stereocenters. The molecule has 1 fully saturated rings. The summed E-state index contributed by atoms with van der Waals surface area (Å²) in [5, 5.41) is 0. The zero-order chi connectivity index (χ0) is 9.11. The van der Waals surface area contributed by atoms with Crippen LogP contribution >= 0.6 is 0 Å². The lowest BCUT2D eigenvalue weighted by atomic mass is 10.1. The van der Waals surface area contributed by atoms with E-state index in [1.807, 2.05) is 27.7 Å². The van der Waals surface area contributed by atoms with Gasteiger partial charge in [0.2, 0.25) is 0 Å². The maximum Gasteiger partial charge on any atom is 0.0491 e. The Hall–Kier alpha value is -0.0400. The molecule has 1 heteroatoms. The fraction of sp³-hybridized carbons (Fsp3) is 1.00. The van der Waals surface area contributed by atoms with E-state index in [-0.39, 0.29) is 0 Å². The van der Waals surface area contributed by atoms with Crippen molar-refractivity contribution in [3.05, 3.63) is 0 Å². The van der Waals surface area contributed by atoms with Gasteiger partial charge in [-0.25, -0.2) is 0 Å². The van der Waals surface area contributed by atoms with Crippen molar-refractivity contribution in [1.29, 1.82) is 0 Å². The van der Waals surface area contributed by atoms with Gasteiger partial charge >= 0.3 is 0 Å². The molecule has 1 rings (SSSR count). The molecule has 0 saturated carbocycles. The van der Waals surface area contributed by atoms with Gasteiger partial charge in [0.25, 0.3) is 0 Å². The van der Waals surface area contributed by atoms with Crippen molar-refractivity contribution in [2.75, 3.05) is 13.2 Å². The molecule has 0 bridgehead atoms. The highest BCUT2D eigenvalue weighted by molar-refractivity contribution is 4.55. The van der Waals surface area contributed by atoms with Crippen LogP contribution in [0.2, 0.25) is 0 Å². The molecule has 0 aromatic carbocycles. The molecule has 0 N–H and O–H groups in total. The lowest BCUT2D eigenvalue weighted by molar-refractivity contribution is 0.0616. The van der Waals surface area contributed by atoms with Crippen LogP contribution in [-0.4, -0.2) is 13.2 Å². The largest absolute Gasteiger partial charge is 0.381 e. The highest BCUT2D eigenvalue weighted by Gasteiger charge is 2.06. The van der Waals surface area contributed by atoms with Gasteiger partial charge in [0, 0.05) is 13.2 Å². The number of hydrogen-bond acceptors (Lipinski definition) is 1. The average Bonchev–Trinajstić information content (AvgIpc) is 2.13. The quantitative estimate of drug-likeness (QED) is 0.527. The monoisotopic (exact) mass is 160 g/mol. The van der Waals surface area contributed by atoms with E-state index in [4.69, 9.17) is 4.74 Å². The summed E-state index contributed by atoms with van der Waals surface area (Å²) in [4.78, 5) is 0. The molecule has 1 saturated heterocycles. The molecule has 0 aliphatic carbocycles. The summed E-state index contributed by atoms with van der Waals surface area (Å²) in [5.41, 5.74) is 0. The summed E-state index contributed by atoms with van der Waals surface area (Å²) < 4.78 is 5.18. The minimum atomic E-state index is 0.814. The van der Waals surface area contributed by atoms with Crippen LogP contribution in [0.1, 0.15) is 47.5 Å².